The number of amides is 2. The zero-order valence-corrected chi connectivity index (χ0v) is 20.6. The molecule has 1 aromatic carbocycles. The van der Waals surface area contributed by atoms with Gasteiger partial charge in [0.1, 0.15) is 6.61 Å². The molecule has 0 bridgehead atoms. The average molecular weight is 458 g/mol. The van der Waals surface area contributed by atoms with Crippen LogP contribution < -0.4 is 15.4 Å². The maximum atomic E-state index is 11.9. The highest BCUT2D eigenvalue weighted by molar-refractivity contribution is 7.88. The molecular formula is C22H39N3O5S. The summed E-state index contributed by atoms with van der Waals surface area (Å²) in [6.07, 6.45) is 1.65. The molecular weight excluding hydrogens is 418 g/mol. The van der Waals surface area contributed by atoms with Gasteiger partial charge in [-0.1, -0.05) is 44.2 Å². The summed E-state index contributed by atoms with van der Waals surface area (Å²) in [6, 6.07) is 9.37. The third-order valence-corrected chi connectivity index (χ3v) is 4.52. The van der Waals surface area contributed by atoms with Gasteiger partial charge in [0, 0.05) is 24.5 Å². The van der Waals surface area contributed by atoms with Crippen LogP contribution in [0.1, 0.15) is 59.9 Å². The predicted octanol–water partition coefficient (Wildman–Crippen LogP) is 3.19. The van der Waals surface area contributed by atoms with Crippen molar-refractivity contribution in [2.45, 2.75) is 79.1 Å². The Kier molecular flexibility index (Phi) is 13.8. The molecule has 0 fully saturated rings. The molecule has 8 nitrogen and oxygen atoms in total. The van der Waals surface area contributed by atoms with Crippen molar-refractivity contribution in [2.75, 3.05) is 6.26 Å². The fraction of sp³-hybridized carbons (Fsp3) is 0.636. The number of carbonyl (C=O) groups is 2. The molecule has 1 aromatic rings. The second kappa shape index (κ2) is 14.8. The maximum Gasteiger partial charge on any atom is 0.407 e. The van der Waals surface area contributed by atoms with E-state index in [0.717, 1.165) is 18.2 Å². The number of alkyl carbamates (subject to hydrolysis) is 1. The van der Waals surface area contributed by atoms with Crippen molar-refractivity contribution in [3.63, 3.8) is 0 Å². The summed E-state index contributed by atoms with van der Waals surface area (Å²) in [7, 11) is -2.97. The van der Waals surface area contributed by atoms with Crippen LogP contribution in [0.25, 0.3) is 0 Å². The number of benzene rings is 1. The molecule has 0 aromatic heterocycles. The van der Waals surface area contributed by atoms with Crippen LogP contribution >= 0.6 is 0 Å². The van der Waals surface area contributed by atoms with Gasteiger partial charge in [-0.15, -0.1) is 0 Å². The quantitative estimate of drug-likeness (QED) is 0.499. The third-order valence-electron chi connectivity index (χ3n) is 3.62. The Hall–Kier alpha value is -2.13. The van der Waals surface area contributed by atoms with Gasteiger partial charge in [-0.2, -0.15) is 0 Å². The van der Waals surface area contributed by atoms with E-state index in [9.17, 15) is 18.0 Å². The van der Waals surface area contributed by atoms with Crippen LogP contribution in [-0.4, -0.2) is 44.8 Å². The lowest BCUT2D eigenvalue weighted by atomic mass is 10.0. The molecule has 1 rings (SSSR count). The lowest BCUT2D eigenvalue weighted by Gasteiger charge is -2.20. The molecule has 0 saturated carbocycles. The van der Waals surface area contributed by atoms with Gasteiger partial charge < -0.3 is 15.4 Å². The van der Waals surface area contributed by atoms with E-state index >= 15 is 0 Å². The van der Waals surface area contributed by atoms with Crippen LogP contribution in [0, 0.1) is 5.92 Å². The van der Waals surface area contributed by atoms with Crippen molar-refractivity contribution >= 4 is 22.0 Å². The van der Waals surface area contributed by atoms with Crippen molar-refractivity contribution in [1.82, 2.24) is 15.4 Å². The molecule has 0 aliphatic heterocycles. The van der Waals surface area contributed by atoms with Gasteiger partial charge in [0.15, 0.2) is 0 Å². The van der Waals surface area contributed by atoms with Gasteiger partial charge in [0.2, 0.25) is 15.9 Å². The van der Waals surface area contributed by atoms with E-state index in [4.69, 9.17) is 4.74 Å². The van der Waals surface area contributed by atoms with Gasteiger partial charge in [-0.25, -0.2) is 17.9 Å². The molecule has 178 valence electrons. The largest absolute Gasteiger partial charge is 0.445 e. The normalized spacial score (nSPS) is 12.2. The number of sulfonamides is 1. The highest BCUT2D eigenvalue weighted by Crippen LogP contribution is 2.09. The third kappa shape index (κ3) is 18.4. The topological polar surface area (TPSA) is 114 Å². The van der Waals surface area contributed by atoms with E-state index in [2.05, 4.69) is 29.2 Å². The molecule has 3 N–H and O–H groups in total. The average Bonchev–Trinajstić information content (AvgIpc) is 2.57. The van der Waals surface area contributed by atoms with Crippen LogP contribution in [0.2, 0.25) is 0 Å². The molecule has 0 radical (unpaired) electrons. The summed E-state index contributed by atoms with van der Waals surface area (Å²) >= 11 is 0. The van der Waals surface area contributed by atoms with E-state index in [0.29, 0.717) is 5.92 Å². The number of nitrogens with one attached hydrogen (secondary N) is 3. The Bertz CT molecular complexity index is 750. The van der Waals surface area contributed by atoms with Crippen LogP contribution in [0.3, 0.4) is 0 Å². The van der Waals surface area contributed by atoms with E-state index in [1.807, 2.05) is 44.2 Å². The van der Waals surface area contributed by atoms with Crippen molar-refractivity contribution in [1.29, 1.82) is 0 Å². The number of hydrogen-bond donors (Lipinski definition) is 3. The highest BCUT2D eigenvalue weighted by atomic mass is 32.2. The Morgan fingerprint density at radius 2 is 1.52 bits per heavy atom. The Labute approximate surface area is 187 Å². The van der Waals surface area contributed by atoms with Gasteiger partial charge in [0.25, 0.3) is 0 Å². The Morgan fingerprint density at radius 1 is 0.935 bits per heavy atom. The Morgan fingerprint density at radius 3 is 1.94 bits per heavy atom. The zero-order valence-electron chi connectivity index (χ0n) is 19.8. The van der Waals surface area contributed by atoms with Gasteiger partial charge in [-0.05, 0) is 45.6 Å². The van der Waals surface area contributed by atoms with Crippen LogP contribution in [-0.2, 0) is 26.2 Å². The molecule has 0 heterocycles. The summed E-state index contributed by atoms with van der Waals surface area (Å²) in [5.74, 6) is 0.315. The summed E-state index contributed by atoms with van der Waals surface area (Å²) in [5, 5.41) is 5.65. The summed E-state index contributed by atoms with van der Waals surface area (Å²) < 4.78 is 28.2. The lowest BCUT2D eigenvalue weighted by Crippen LogP contribution is -2.41. The number of hydrogen-bond acceptors (Lipinski definition) is 5. The van der Waals surface area contributed by atoms with Crippen molar-refractivity contribution in [3.05, 3.63) is 35.9 Å². The molecule has 0 saturated heterocycles. The standard InChI is InChI=1S/C18H28N2O3.C4H11NO2S/c1-13(2)10-16(11-17(21)19-14(3)4)20-18(22)23-12-15-8-6-5-7-9-15;1-4(2)5-8(3,6)7/h5-9,13-14,16H,10-12H2,1-4H3,(H,19,21)(H,20,22);4-5H,1-3H3/t16-;/m0./s1. The second-order valence-corrected chi connectivity index (χ2v) is 10.3. The first-order valence-electron chi connectivity index (χ1n) is 10.5. The lowest BCUT2D eigenvalue weighted by molar-refractivity contribution is -0.122. The van der Waals surface area contributed by atoms with E-state index < -0.39 is 16.1 Å². The smallest absolute Gasteiger partial charge is 0.407 e. The van der Waals surface area contributed by atoms with Crippen molar-refractivity contribution < 1.29 is 22.7 Å². The predicted molar refractivity (Wildman–Crippen MR) is 124 cm³/mol. The fourth-order valence-corrected chi connectivity index (χ4v) is 3.58. The summed E-state index contributed by atoms with van der Waals surface area (Å²) in [6.45, 7) is 11.7. The molecule has 1 atom stereocenters. The van der Waals surface area contributed by atoms with Crippen molar-refractivity contribution in [3.8, 4) is 0 Å². The summed E-state index contributed by atoms with van der Waals surface area (Å²) in [5.41, 5.74) is 0.931. The molecule has 9 heteroatoms. The molecule has 31 heavy (non-hydrogen) atoms. The van der Waals surface area contributed by atoms with Gasteiger partial charge >= 0.3 is 6.09 Å². The molecule has 0 unspecified atom stereocenters. The Balaban J connectivity index is 0.000000954. The van der Waals surface area contributed by atoms with Crippen LogP contribution in [0.15, 0.2) is 30.3 Å². The minimum absolute atomic E-state index is 0.00463. The highest BCUT2D eigenvalue weighted by Gasteiger charge is 2.19. The molecule has 0 aliphatic rings. The molecule has 2 amide bonds. The minimum Gasteiger partial charge on any atom is -0.445 e. The van der Waals surface area contributed by atoms with Crippen molar-refractivity contribution in [2.24, 2.45) is 5.92 Å². The van der Waals surface area contributed by atoms with E-state index in [1.165, 1.54) is 0 Å². The van der Waals surface area contributed by atoms with E-state index in [-0.39, 0.29) is 37.1 Å². The van der Waals surface area contributed by atoms with E-state index in [1.54, 1.807) is 13.8 Å². The fourth-order valence-electron chi connectivity index (χ4n) is 2.73. The molecule has 0 spiro atoms. The van der Waals surface area contributed by atoms with Gasteiger partial charge in [0.05, 0.1) is 6.26 Å². The molecule has 0 aliphatic carbocycles. The first kappa shape index (κ1) is 28.9. The monoisotopic (exact) mass is 457 g/mol. The SMILES string of the molecule is CC(C)C[C@@H](CC(=O)NC(C)C)NC(=O)OCc1ccccc1.CC(C)NS(C)(=O)=O. The van der Waals surface area contributed by atoms with Crippen LogP contribution in [0.5, 0.6) is 0 Å². The number of rotatable bonds is 10. The van der Waals surface area contributed by atoms with Gasteiger partial charge in [-0.3, -0.25) is 4.79 Å². The first-order valence-corrected chi connectivity index (χ1v) is 12.4. The zero-order chi connectivity index (χ0) is 24.0. The maximum absolute atomic E-state index is 11.9. The first-order chi connectivity index (χ1) is 14.3. The second-order valence-electron chi connectivity index (χ2n) is 8.50. The minimum atomic E-state index is -2.97. The summed E-state index contributed by atoms with van der Waals surface area (Å²) in [4.78, 5) is 23.8. The van der Waals surface area contributed by atoms with Crippen LogP contribution in [0.4, 0.5) is 4.79 Å². The number of carbonyl (C=O) groups excluding carboxylic acids is 2. The number of ether oxygens (including phenoxy) is 1.